The third-order valence-corrected chi connectivity index (χ3v) is 3.99. The van der Waals surface area contributed by atoms with Gasteiger partial charge in [0.1, 0.15) is 5.82 Å². The molecule has 0 saturated heterocycles. The third-order valence-electron chi connectivity index (χ3n) is 3.99. The minimum atomic E-state index is 0.173. The van der Waals surface area contributed by atoms with Gasteiger partial charge in [-0.15, -0.1) is 0 Å². The van der Waals surface area contributed by atoms with Crippen molar-refractivity contribution in [1.82, 2.24) is 9.97 Å². The summed E-state index contributed by atoms with van der Waals surface area (Å²) < 4.78 is 0. The van der Waals surface area contributed by atoms with E-state index in [4.69, 9.17) is 0 Å². The Balaban J connectivity index is 1.81. The Labute approximate surface area is 132 Å². The van der Waals surface area contributed by atoms with Crippen molar-refractivity contribution < 1.29 is 0 Å². The van der Waals surface area contributed by atoms with E-state index < -0.39 is 0 Å². The van der Waals surface area contributed by atoms with E-state index in [2.05, 4.69) is 71.7 Å². The van der Waals surface area contributed by atoms with Gasteiger partial charge >= 0.3 is 0 Å². The Morgan fingerprint density at radius 3 is 2.27 bits per heavy atom. The molecule has 2 N–H and O–H groups in total. The van der Waals surface area contributed by atoms with Crippen molar-refractivity contribution in [1.29, 1.82) is 0 Å². The highest BCUT2D eigenvalue weighted by Gasteiger charge is 2.26. The molecule has 0 atom stereocenters. The number of anilines is 3. The molecule has 1 aliphatic carbocycles. The molecule has 1 aromatic carbocycles. The van der Waals surface area contributed by atoms with Crippen LogP contribution in [0, 0.1) is 0 Å². The van der Waals surface area contributed by atoms with Gasteiger partial charge in [-0.3, -0.25) is 0 Å². The highest BCUT2D eigenvalue weighted by atomic mass is 15.1. The topological polar surface area (TPSA) is 49.8 Å². The summed E-state index contributed by atoms with van der Waals surface area (Å²) in [5, 5.41) is 6.43. The van der Waals surface area contributed by atoms with E-state index in [9.17, 15) is 0 Å². The summed E-state index contributed by atoms with van der Waals surface area (Å²) in [7, 11) is 1.86. The summed E-state index contributed by atoms with van der Waals surface area (Å²) in [4.78, 5) is 9.03. The molecule has 0 radical (unpaired) electrons. The van der Waals surface area contributed by atoms with Gasteiger partial charge in [0.05, 0.1) is 5.69 Å². The Bertz CT molecular complexity index is 652. The average molecular weight is 296 g/mol. The van der Waals surface area contributed by atoms with Crippen LogP contribution in [-0.2, 0) is 5.41 Å². The highest BCUT2D eigenvalue weighted by Crippen LogP contribution is 2.40. The second-order valence-corrected chi connectivity index (χ2v) is 6.98. The van der Waals surface area contributed by atoms with E-state index in [0.29, 0.717) is 11.9 Å². The molecule has 1 aromatic heterocycles. The number of nitrogens with zero attached hydrogens (tertiary/aromatic N) is 2. The van der Waals surface area contributed by atoms with Gasteiger partial charge in [-0.2, -0.15) is 4.98 Å². The average Bonchev–Trinajstić information content (AvgIpc) is 3.31. The Kier molecular flexibility index (Phi) is 3.77. The zero-order valence-corrected chi connectivity index (χ0v) is 13.8. The molecule has 0 bridgehead atoms. The van der Waals surface area contributed by atoms with Gasteiger partial charge in [-0.1, -0.05) is 32.9 Å². The predicted octanol–water partition coefficient (Wildman–Crippen LogP) is 4.44. The van der Waals surface area contributed by atoms with Crippen molar-refractivity contribution in [3.8, 4) is 0 Å². The lowest BCUT2D eigenvalue weighted by Gasteiger charge is -2.19. The second-order valence-electron chi connectivity index (χ2n) is 6.98. The number of rotatable bonds is 4. The maximum atomic E-state index is 4.54. The van der Waals surface area contributed by atoms with E-state index >= 15 is 0 Å². The number of aromatic nitrogens is 2. The van der Waals surface area contributed by atoms with Crippen LogP contribution in [0.5, 0.6) is 0 Å². The van der Waals surface area contributed by atoms with E-state index in [1.54, 1.807) is 0 Å². The van der Waals surface area contributed by atoms with Gasteiger partial charge in [0.2, 0.25) is 5.95 Å². The maximum Gasteiger partial charge on any atom is 0.224 e. The zero-order chi connectivity index (χ0) is 15.7. The van der Waals surface area contributed by atoms with Crippen LogP contribution >= 0.6 is 0 Å². The van der Waals surface area contributed by atoms with Crippen LogP contribution in [-0.4, -0.2) is 17.0 Å². The summed E-state index contributed by atoms with van der Waals surface area (Å²) in [6, 6.07) is 10.6. The summed E-state index contributed by atoms with van der Waals surface area (Å²) in [6.07, 6.45) is 2.47. The summed E-state index contributed by atoms with van der Waals surface area (Å²) in [5.74, 6) is 2.14. The molecule has 3 rings (SSSR count). The van der Waals surface area contributed by atoms with Crippen molar-refractivity contribution in [3.63, 3.8) is 0 Å². The van der Waals surface area contributed by atoms with Crippen LogP contribution < -0.4 is 10.6 Å². The van der Waals surface area contributed by atoms with E-state index in [0.717, 1.165) is 17.2 Å². The largest absolute Gasteiger partial charge is 0.357 e. The second kappa shape index (κ2) is 5.59. The molecule has 1 fully saturated rings. The monoisotopic (exact) mass is 296 g/mol. The Hall–Kier alpha value is -2.10. The van der Waals surface area contributed by atoms with E-state index in [1.165, 1.54) is 18.4 Å². The summed E-state index contributed by atoms with van der Waals surface area (Å²) >= 11 is 0. The molecule has 4 nitrogen and oxygen atoms in total. The fourth-order valence-corrected chi connectivity index (χ4v) is 2.43. The first-order chi connectivity index (χ1) is 10.5. The lowest BCUT2D eigenvalue weighted by Crippen LogP contribution is -2.10. The van der Waals surface area contributed by atoms with Crippen molar-refractivity contribution >= 4 is 17.5 Å². The molecular formula is C18H24N4. The van der Waals surface area contributed by atoms with E-state index in [1.807, 2.05) is 7.05 Å². The number of nitrogens with one attached hydrogen (secondary N) is 2. The smallest absolute Gasteiger partial charge is 0.224 e. The zero-order valence-electron chi connectivity index (χ0n) is 13.8. The predicted molar refractivity (Wildman–Crippen MR) is 92.0 cm³/mol. The SMILES string of the molecule is CNc1nc(Nc2ccc(C(C)(C)C)cc2)cc(C2CC2)n1. The lowest BCUT2D eigenvalue weighted by molar-refractivity contribution is 0.590. The Morgan fingerprint density at radius 1 is 1.05 bits per heavy atom. The molecule has 116 valence electrons. The van der Waals surface area contributed by atoms with Gasteiger partial charge in [0.15, 0.2) is 0 Å². The van der Waals surface area contributed by atoms with Gasteiger partial charge in [0.25, 0.3) is 0 Å². The standard InChI is InChI=1S/C18H24N4/c1-18(2,3)13-7-9-14(10-8-13)20-16-11-15(12-5-6-12)21-17(19-4)22-16/h7-12H,5-6H2,1-4H3,(H2,19,20,21,22). The molecule has 0 aliphatic heterocycles. The van der Waals surface area contributed by atoms with Gasteiger partial charge < -0.3 is 10.6 Å². The molecule has 22 heavy (non-hydrogen) atoms. The van der Waals surface area contributed by atoms with Crippen LogP contribution in [0.25, 0.3) is 0 Å². The van der Waals surface area contributed by atoms with Crippen molar-refractivity contribution in [2.45, 2.75) is 44.9 Å². The number of benzene rings is 1. The first kappa shape index (κ1) is 14.8. The van der Waals surface area contributed by atoms with Crippen molar-refractivity contribution in [3.05, 3.63) is 41.6 Å². The molecule has 1 aliphatic rings. The maximum absolute atomic E-state index is 4.54. The molecule has 2 aromatic rings. The molecular weight excluding hydrogens is 272 g/mol. The Morgan fingerprint density at radius 2 is 1.73 bits per heavy atom. The van der Waals surface area contributed by atoms with Crippen LogP contribution in [0.2, 0.25) is 0 Å². The lowest BCUT2D eigenvalue weighted by atomic mass is 9.87. The van der Waals surface area contributed by atoms with Crippen LogP contribution in [0.15, 0.2) is 30.3 Å². The summed E-state index contributed by atoms with van der Waals surface area (Å²) in [6.45, 7) is 6.67. The van der Waals surface area contributed by atoms with E-state index in [-0.39, 0.29) is 5.41 Å². The van der Waals surface area contributed by atoms with Crippen LogP contribution in [0.1, 0.15) is 50.8 Å². The molecule has 1 saturated carbocycles. The fraction of sp³-hybridized carbons (Fsp3) is 0.444. The summed E-state index contributed by atoms with van der Waals surface area (Å²) in [5.41, 5.74) is 3.69. The van der Waals surface area contributed by atoms with Crippen molar-refractivity contribution in [2.24, 2.45) is 0 Å². The van der Waals surface area contributed by atoms with Gasteiger partial charge in [0, 0.05) is 24.7 Å². The molecule has 1 heterocycles. The number of hydrogen-bond acceptors (Lipinski definition) is 4. The first-order valence-electron chi connectivity index (χ1n) is 7.90. The fourth-order valence-electron chi connectivity index (χ4n) is 2.43. The molecule has 0 amide bonds. The molecule has 0 unspecified atom stereocenters. The molecule has 4 heteroatoms. The first-order valence-corrected chi connectivity index (χ1v) is 7.90. The molecule has 0 spiro atoms. The van der Waals surface area contributed by atoms with Gasteiger partial charge in [-0.05, 0) is 36.0 Å². The third kappa shape index (κ3) is 3.38. The van der Waals surface area contributed by atoms with Crippen molar-refractivity contribution in [2.75, 3.05) is 17.7 Å². The van der Waals surface area contributed by atoms with Crippen LogP contribution in [0.4, 0.5) is 17.5 Å². The highest BCUT2D eigenvalue weighted by molar-refractivity contribution is 5.58. The number of hydrogen-bond donors (Lipinski definition) is 2. The normalized spacial score (nSPS) is 14.7. The van der Waals surface area contributed by atoms with Crippen LogP contribution in [0.3, 0.4) is 0 Å². The van der Waals surface area contributed by atoms with Gasteiger partial charge in [-0.25, -0.2) is 4.98 Å². The minimum absolute atomic E-state index is 0.173. The minimum Gasteiger partial charge on any atom is -0.357 e. The quantitative estimate of drug-likeness (QED) is 0.876.